The Labute approximate surface area is 167 Å². The summed E-state index contributed by atoms with van der Waals surface area (Å²) in [4.78, 5) is 15.6. The van der Waals surface area contributed by atoms with Crippen LogP contribution < -0.4 is 4.72 Å². The van der Waals surface area contributed by atoms with Gasteiger partial charge in [-0.3, -0.25) is 4.72 Å². The molecular formula is C20H20N2O4S2. The lowest BCUT2D eigenvalue weighted by molar-refractivity contribution is 0.0696. The van der Waals surface area contributed by atoms with Crippen LogP contribution in [0.15, 0.2) is 40.6 Å². The number of rotatable bonds is 5. The maximum absolute atomic E-state index is 12.9. The van der Waals surface area contributed by atoms with Crippen molar-refractivity contribution < 1.29 is 18.3 Å². The molecule has 0 aliphatic rings. The first-order chi connectivity index (χ1) is 13.1. The summed E-state index contributed by atoms with van der Waals surface area (Å²) in [7, 11) is -3.98. The fourth-order valence-corrected chi connectivity index (χ4v) is 5.16. The summed E-state index contributed by atoms with van der Waals surface area (Å²) in [6.07, 6.45) is 0. The number of hydrogen-bond donors (Lipinski definition) is 2. The van der Waals surface area contributed by atoms with Crippen molar-refractivity contribution in [3.63, 3.8) is 0 Å². The number of aryl methyl sites for hydroxylation is 3. The molecule has 2 aromatic carbocycles. The highest BCUT2D eigenvalue weighted by atomic mass is 32.2. The van der Waals surface area contributed by atoms with E-state index in [2.05, 4.69) is 9.71 Å². The normalized spacial score (nSPS) is 11.4. The zero-order chi connectivity index (χ0) is 20.6. The van der Waals surface area contributed by atoms with Crippen molar-refractivity contribution in [3.05, 3.63) is 63.5 Å². The van der Waals surface area contributed by atoms with Gasteiger partial charge in [-0.15, -0.1) is 11.3 Å². The fourth-order valence-electron chi connectivity index (χ4n) is 2.86. The van der Waals surface area contributed by atoms with Crippen LogP contribution in [-0.2, 0) is 10.0 Å². The Morgan fingerprint density at radius 1 is 1.07 bits per heavy atom. The van der Waals surface area contributed by atoms with E-state index in [9.17, 15) is 18.3 Å². The standard InChI is InChI=1S/C20H20N2O4S2/c1-11-5-6-12(2)16(7-11)17-10-27-20(21-17)22-28(25,26)18-9-15(19(23)24)8-13(3)14(18)4/h5-10H,1-4H3,(H,21,22)(H,23,24). The third-order valence-electron chi connectivity index (χ3n) is 4.55. The highest BCUT2D eigenvalue weighted by Crippen LogP contribution is 2.30. The predicted octanol–water partition coefficient (Wildman–Crippen LogP) is 4.54. The van der Waals surface area contributed by atoms with Gasteiger partial charge in [0.1, 0.15) is 0 Å². The third-order valence-corrected chi connectivity index (χ3v) is 6.90. The average molecular weight is 417 g/mol. The minimum Gasteiger partial charge on any atom is -0.478 e. The molecule has 146 valence electrons. The van der Waals surface area contributed by atoms with Crippen LogP contribution in [0.3, 0.4) is 0 Å². The van der Waals surface area contributed by atoms with Gasteiger partial charge < -0.3 is 5.11 Å². The van der Waals surface area contributed by atoms with E-state index in [0.717, 1.165) is 16.7 Å². The first-order valence-electron chi connectivity index (χ1n) is 8.49. The molecule has 0 amide bonds. The first kappa shape index (κ1) is 20.0. The van der Waals surface area contributed by atoms with Crippen molar-refractivity contribution >= 4 is 32.5 Å². The summed E-state index contributed by atoms with van der Waals surface area (Å²) >= 11 is 1.18. The topological polar surface area (TPSA) is 96.4 Å². The van der Waals surface area contributed by atoms with E-state index in [0.29, 0.717) is 16.8 Å². The summed E-state index contributed by atoms with van der Waals surface area (Å²) in [5, 5.41) is 11.3. The maximum Gasteiger partial charge on any atom is 0.335 e. The second-order valence-corrected chi connectivity index (χ2v) is 9.19. The number of aromatic carboxylic acids is 1. The monoisotopic (exact) mass is 416 g/mol. The second kappa shape index (κ2) is 7.37. The van der Waals surface area contributed by atoms with Gasteiger partial charge in [-0.25, -0.2) is 18.2 Å². The van der Waals surface area contributed by atoms with Crippen LogP contribution in [0.2, 0.25) is 0 Å². The molecule has 0 aliphatic carbocycles. The smallest absolute Gasteiger partial charge is 0.335 e. The zero-order valence-electron chi connectivity index (χ0n) is 15.9. The lowest BCUT2D eigenvalue weighted by atomic mass is 10.0. The Morgan fingerprint density at radius 2 is 1.79 bits per heavy atom. The number of carboxylic acids is 1. The molecule has 8 heteroatoms. The second-order valence-electron chi connectivity index (χ2n) is 6.68. The summed E-state index contributed by atoms with van der Waals surface area (Å²) in [6, 6.07) is 8.64. The van der Waals surface area contributed by atoms with Gasteiger partial charge in [-0.1, -0.05) is 17.7 Å². The molecule has 3 aromatic rings. The maximum atomic E-state index is 12.9. The van der Waals surface area contributed by atoms with Gasteiger partial charge in [0.05, 0.1) is 16.2 Å². The number of aromatic nitrogens is 1. The number of nitrogens with one attached hydrogen (secondary N) is 1. The molecule has 0 bridgehead atoms. The van der Waals surface area contributed by atoms with Gasteiger partial charge in [0.15, 0.2) is 5.13 Å². The first-order valence-corrected chi connectivity index (χ1v) is 10.9. The van der Waals surface area contributed by atoms with Crippen LogP contribution in [0.1, 0.15) is 32.6 Å². The largest absolute Gasteiger partial charge is 0.478 e. The van der Waals surface area contributed by atoms with Gasteiger partial charge in [-0.05, 0) is 62.6 Å². The van der Waals surface area contributed by atoms with Gasteiger partial charge in [0, 0.05) is 10.9 Å². The molecule has 6 nitrogen and oxygen atoms in total. The molecule has 0 spiro atoms. The molecule has 3 rings (SSSR count). The third kappa shape index (κ3) is 3.93. The van der Waals surface area contributed by atoms with E-state index in [1.807, 2.05) is 32.0 Å². The molecule has 0 saturated heterocycles. The minimum absolute atomic E-state index is 0.0617. The minimum atomic E-state index is -3.98. The molecule has 0 aliphatic heterocycles. The Balaban J connectivity index is 1.98. The molecule has 0 unspecified atom stereocenters. The Kier molecular flexibility index (Phi) is 5.27. The van der Waals surface area contributed by atoms with E-state index in [4.69, 9.17) is 0 Å². The van der Waals surface area contributed by atoms with E-state index in [-0.39, 0.29) is 15.6 Å². The molecule has 1 heterocycles. The Bertz CT molecular complexity index is 1180. The van der Waals surface area contributed by atoms with Crippen LogP contribution in [0.25, 0.3) is 11.3 Å². The van der Waals surface area contributed by atoms with Crippen LogP contribution in [-0.4, -0.2) is 24.5 Å². The van der Waals surface area contributed by atoms with Gasteiger partial charge in [-0.2, -0.15) is 0 Å². The lowest BCUT2D eigenvalue weighted by Gasteiger charge is -2.11. The number of benzene rings is 2. The summed E-state index contributed by atoms with van der Waals surface area (Å²) in [5.74, 6) is -1.17. The molecule has 0 fully saturated rings. The molecular weight excluding hydrogens is 396 g/mol. The van der Waals surface area contributed by atoms with Crippen molar-refractivity contribution in [1.82, 2.24) is 4.98 Å². The quantitative estimate of drug-likeness (QED) is 0.636. The SMILES string of the molecule is Cc1ccc(C)c(-c2csc(NS(=O)(=O)c3cc(C(=O)O)cc(C)c3C)n2)c1. The van der Waals surface area contributed by atoms with Crippen LogP contribution in [0.4, 0.5) is 5.13 Å². The highest BCUT2D eigenvalue weighted by Gasteiger charge is 2.22. The molecule has 0 saturated carbocycles. The average Bonchev–Trinajstić information content (AvgIpc) is 3.06. The number of thiazole rings is 1. The van der Waals surface area contributed by atoms with E-state index >= 15 is 0 Å². The highest BCUT2D eigenvalue weighted by molar-refractivity contribution is 7.93. The molecule has 0 radical (unpaired) electrons. The zero-order valence-corrected chi connectivity index (χ0v) is 17.5. The molecule has 28 heavy (non-hydrogen) atoms. The van der Waals surface area contributed by atoms with Crippen LogP contribution >= 0.6 is 11.3 Å². The number of nitrogens with zero attached hydrogens (tertiary/aromatic N) is 1. The predicted molar refractivity (Wildman–Crippen MR) is 111 cm³/mol. The van der Waals surface area contributed by atoms with Crippen LogP contribution in [0.5, 0.6) is 0 Å². The van der Waals surface area contributed by atoms with Crippen molar-refractivity contribution in [2.45, 2.75) is 32.6 Å². The Morgan fingerprint density at radius 3 is 2.46 bits per heavy atom. The van der Waals surface area contributed by atoms with Gasteiger partial charge in [0.25, 0.3) is 10.0 Å². The molecule has 1 aromatic heterocycles. The van der Waals surface area contributed by atoms with Crippen molar-refractivity contribution in [2.24, 2.45) is 0 Å². The molecule has 2 N–H and O–H groups in total. The Hall–Kier alpha value is -2.71. The number of carboxylic acid groups (broad SMARTS) is 1. The summed E-state index contributed by atoms with van der Waals surface area (Å²) in [5.41, 5.74) is 4.80. The molecule has 0 atom stereocenters. The number of sulfonamides is 1. The number of hydrogen-bond acceptors (Lipinski definition) is 5. The van der Waals surface area contributed by atoms with Crippen molar-refractivity contribution in [3.8, 4) is 11.3 Å². The van der Waals surface area contributed by atoms with Crippen LogP contribution in [0, 0.1) is 27.7 Å². The van der Waals surface area contributed by atoms with Gasteiger partial charge in [0.2, 0.25) is 0 Å². The lowest BCUT2D eigenvalue weighted by Crippen LogP contribution is -2.16. The summed E-state index contributed by atoms with van der Waals surface area (Å²) < 4.78 is 28.2. The van der Waals surface area contributed by atoms with Gasteiger partial charge >= 0.3 is 5.97 Å². The number of anilines is 1. The van der Waals surface area contributed by atoms with Crippen molar-refractivity contribution in [2.75, 3.05) is 4.72 Å². The van der Waals surface area contributed by atoms with E-state index in [1.54, 1.807) is 19.2 Å². The van der Waals surface area contributed by atoms with E-state index in [1.165, 1.54) is 23.5 Å². The van der Waals surface area contributed by atoms with E-state index < -0.39 is 16.0 Å². The van der Waals surface area contributed by atoms with Crippen molar-refractivity contribution in [1.29, 1.82) is 0 Å². The summed E-state index contributed by atoms with van der Waals surface area (Å²) in [6.45, 7) is 7.29. The number of carbonyl (C=O) groups is 1. The fraction of sp³-hybridized carbons (Fsp3) is 0.200.